The molecule has 0 amide bonds. The monoisotopic (exact) mass is 498 g/mol. The smallest absolute Gasteiger partial charge is 0.308 e. The zero-order valence-corrected chi connectivity index (χ0v) is 23.6. The van der Waals surface area contributed by atoms with Crippen LogP contribution in [0.4, 0.5) is 0 Å². The summed E-state index contributed by atoms with van der Waals surface area (Å²) in [6, 6.07) is 0. The minimum absolute atomic E-state index is 0.00405. The Bertz CT molecular complexity index is 466. The van der Waals surface area contributed by atoms with Gasteiger partial charge in [0.05, 0.1) is 19.1 Å². The van der Waals surface area contributed by atoms with E-state index in [2.05, 4.69) is 13.8 Å². The predicted molar refractivity (Wildman–Crippen MR) is 146 cm³/mol. The molecule has 0 aromatic heterocycles. The van der Waals surface area contributed by atoms with E-state index in [1.807, 2.05) is 6.92 Å². The van der Waals surface area contributed by atoms with Crippen LogP contribution in [0.15, 0.2) is 0 Å². The van der Waals surface area contributed by atoms with Gasteiger partial charge in [0, 0.05) is 6.42 Å². The van der Waals surface area contributed by atoms with Gasteiger partial charge < -0.3 is 14.2 Å². The lowest BCUT2D eigenvalue weighted by atomic mass is 10.00. The highest BCUT2D eigenvalue weighted by Crippen LogP contribution is 2.15. The third-order valence-electron chi connectivity index (χ3n) is 6.68. The van der Waals surface area contributed by atoms with Crippen molar-refractivity contribution in [2.45, 2.75) is 149 Å². The first-order valence-electron chi connectivity index (χ1n) is 15.1. The summed E-state index contributed by atoms with van der Waals surface area (Å²) in [5.74, 6) is -0.272. The fraction of sp³-hybridized carbons (Fsp3) is 0.933. The summed E-state index contributed by atoms with van der Waals surface area (Å²) >= 11 is 0. The largest absolute Gasteiger partial charge is 0.463 e. The Morgan fingerprint density at radius 2 is 1.00 bits per heavy atom. The number of hydrogen-bond acceptors (Lipinski definition) is 5. The highest BCUT2D eigenvalue weighted by molar-refractivity contribution is 5.72. The summed E-state index contributed by atoms with van der Waals surface area (Å²) in [6.45, 7) is 7.62. The summed E-state index contributed by atoms with van der Waals surface area (Å²) in [7, 11) is 0. The molecule has 0 aromatic rings. The molecule has 5 heteroatoms. The Kier molecular flexibility index (Phi) is 26.6. The molecule has 0 N–H and O–H groups in total. The molecule has 0 heterocycles. The van der Waals surface area contributed by atoms with Gasteiger partial charge in [0.15, 0.2) is 0 Å². The molecule has 0 radical (unpaired) electrons. The topological polar surface area (TPSA) is 61.8 Å². The highest BCUT2D eigenvalue weighted by Gasteiger charge is 2.16. The third kappa shape index (κ3) is 24.4. The van der Waals surface area contributed by atoms with E-state index in [-0.39, 0.29) is 31.1 Å². The van der Waals surface area contributed by atoms with E-state index in [0.29, 0.717) is 19.6 Å². The molecule has 0 saturated carbocycles. The number of esters is 2. The molecule has 0 spiro atoms. The first kappa shape index (κ1) is 33.9. The zero-order valence-electron chi connectivity index (χ0n) is 23.6. The second-order valence-corrected chi connectivity index (χ2v) is 9.95. The van der Waals surface area contributed by atoms with E-state index in [4.69, 9.17) is 14.2 Å². The lowest BCUT2D eigenvalue weighted by molar-refractivity contribution is -0.150. The van der Waals surface area contributed by atoms with Crippen LogP contribution in [0.1, 0.15) is 149 Å². The molecule has 0 saturated heterocycles. The van der Waals surface area contributed by atoms with Crippen LogP contribution in [-0.2, 0) is 23.8 Å². The Morgan fingerprint density at radius 3 is 1.49 bits per heavy atom. The van der Waals surface area contributed by atoms with Gasteiger partial charge in [0.2, 0.25) is 0 Å². The van der Waals surface area contributed by atoms with Gasteiger partial charge in [-0.15, -0.1) is 0 Å². The quantitative estimate of drug-likeness (QED) is 0.0838. The van der Waals surface area contributed by atoms with Crippen molar-refractivity contribution >= 4 is 11.9 Å². The number of rotatable bonds is 27. The lowest BCUT2D eigenvalue weighted by Gasteiger charge is -2.13. The molecule has 0 bridgehead atoms. The van der Waals surface area contributed by atoms with Crippen molar-refractivity contribution in [1.82, 2.24) is 0 Å². The van der Waals surface area contributed by atoms with Gasteiger partial charge in [-0.2, -0.15) is 0 Å². The lowest BCUT2D eigenvalue weighted by Crippen LogP contribution is -2.20. The van der Waals surface area contributed by atoms with Gasteiger partial charge in [-0.1, -0.05) is 124 Å². The van der Waals surface area contributed by atoms with Crippen molar-refractivity contribution in [2.24, 2.45) is 5.92 Å². The summed E-state index contributed by atoms with van der Waals surface area (Å²) in [4.78, 5) is 23.8. The van der Waals surface area contributed by atoms with Gasteiger partial charge in [-0.3, -0.25) is 9.59 Å². The molecule has 208 valence electrons. The molecule has 35 heavy (non-hydrogen) atoms. The fourth-order valence-corrected chi connectivity index (χ4v) is 4.29. The average Bonchev–Trinajstić information content (AvgIpc) is 2.86. The van der Waals surface area contributed by atoms with Gasteiger partial charge in [0.25, 0.3) is 0 Å². The number of carbonyl (C=O) groups is 2. The molecular weight excluding hydrogens is 440 g/mol. The maximum atomic E-state index is 12.0. The summed E-state index contributed by atoms with van der Waals surface area (Å²) in [5, 5.41) is 0. The normalized spacial score (nSPS) is 12.0. The Labute approximate surface area is 217 Å². The van der Waals surface area contributed by atoms with E-state index in [0.717, 1.165) is 38.5 Å². The Morgan fingerprint density at radius 1 is 0.543 bits per heavy atom. The van der Waals surface area contributed by atoms with E-state index >= 15 is 0 Å². The average molecular weight is 499 g/mol. The second kappa shape index (κ2) is 27.5. The van der Waals surface area contributed by atoms with E-state index < -0.39 is 0 Å². The van der Waals surface area contributed by atoms with Gasteiger partial charge in [0.1, 0.15) is 13.2 Å². The Balaban J connectivity index is 3.33. The molecular formula is C30H58O5. The summed E-state index contributed by atoms with van der Waals surface area (Å²) in [5.41, 5.74) is 0. The van der Waals surface area contributed by atoms with Crippen molar-refractivity contribution in [2.75, 3.05) is 26.4 Å². The molecule has 1 unspecified atom stereocenters. The van der Waals surface area contributed by atoms with Crippen molar-refractivity contribution < 1.29 is 23.8 Å². The van der Waals surface area contributed by atoms with E-state index in [1.165, 1.54) is 83.5 Å². The van der Waals surface area contributed by atoms with Crippen LogP contribution >= 0.6 is 0 Å². The predicted octanol–water partition coefficient (Wildman–Crippen LogP) is 8.57. The Hall–Kier alpha value is -1.10. The van der Waals surface area contributed by atoms with Crippen LogP contribution in [0.2, 0.25) is 0 Å². The number of hydrogen-bond donors (Lipinski definition) is 0. The maximum absolute atomic E-state index is 12.0. The van der Waals surface area contributed by atoms with E-state index in [1.54, 1.807) is 0 Å². The fourth-order valence-electron chi connectivity index (χ4n) is 4.29. The number of unbranched alkanes of at least 4 members (excludes halogenated alkanes) is 15. The second-order valence-electron chi connectivity index (χ2n) is 9.95. The molecule has 0 aromatic carbocycles. The van der Waals surface area contributed by atoms with Crippen molar-refractivity contribution in [3.05, 3.63) is 0 Å². The zero-order chi connectivity index (χ0) is 25.8. The molecule has 1 atom stereocenters. The summed E-state index contributed by atoms with van der Waals surface area (Å²) in [6.07, 6.45) is 24.1. The molecule has 0 aliphatic carbocycles. The molecule has 0 aliphatic rings. The van der Waals surface area contributed by atoms with Crippen LogP contribution in [0.5, 0.6) is 0 Å². The third-order valence-corrected chi connectivity index (χ3v) is 6.68. The van der Waals surface area contributed by atoms with Crippen LogP contribution < -0.4 is 0 Å². The maximum Gasteiger partial charge on any atom is 0.308 e. The van der Waals surface area contributed by atoms with Crippen molar-refractivity contribution in [1.29, 1.82) is 0 Å². The van der Waals surface area contributed by atoms with Gasteiger partial charge in [-0.25, -0.2) is 0 Å². The van der Waals surface area contributed by atoms with Crippen LogP contribution in [0.25, 0.3) is 0 Å². The molecule has 0 aliphatic heterocycles. The first-order chi connectivity index (χ1) is 17.2. The summed E-state index contributed by atoms with van der Waals surface area (Å²) < 4.78 is 15.9. The first-order valence-corrected chi connectivity index (χ1v) is 15.1. The van der Waals surface area contributed by atoms with Crippen molar-refractivity contribution in [3.63, 3.8) is 0 Å². The SMILES string of the molecule is CCCCCCCCCCCCCCCCCC(=O)OCCOCCOC(=O)C(CC)CCCC. The molecule has 5 nitrogen and oxygen atoms in total. The van der Waals surface area contributed by atoms with Crippen LogP contribution in [0.3, 0.4) is 0 Å². The standard InChI is InChI=1S/C30H58O5/c1-4-7-9-10-11-12-13-14-15-16-17-18-19-20-21-23-29(31)34-26-24-33-25-27-35-30(32)28(6-3)22-8-5-2/h28H,4-27H2,1-3H3. The number of ether oxygens (including phenoxy) is 3. The van der Waals surface area contributed by atoms with Crippen molar-refractivity contribution in [3.8, 4) is 0 Å². The molecule has 0 rings (SSSR count). The van der Waals surface area contributed by atoms with E-state index in [9.17, 15) is 9.59 Å². The minimum atomic E-state index is -0.142. The van der Waals surface area contributed by atoms with Crippen LogP contribution in [-0.4, -0.2) is 38.4 Å². The van der Waals surface area contributed by atoms with Gasteiger partial charge in [-0.05, 0) is 19.3 Å². The van der Waals surface area contributed by atoms with Gasteiger partial charge >= 0.3 is 11.9 Å². The minimum Gasteiger partial charge on any atom is -0.463 e. The molecule has 0 fully saturated rings. The highest BCUT2D eigenvalue weighted by atomic mass is 16.6. The number of carbonyl (C=O) groups excluding carboxylic acids is 2. The van der Waals surface area contributed by atoms with Crippen LogP contribution in [0, 0.1) is 5.92 Å².